The van der Waals surface area contributed by atoms with Crippen molar-refractivity contribution in [3.05, 3.63) is 63.6 Å². The standard InChI is InChI=1S/C18H21Cl2N/c1-4-17(13-9-10-15(19)16(20)11-13)21-18-8-6-5-7-14(18)12(2)3/h5-12,17,21H,4H2,1-3H3. The van der Waals surface area contributed by atoms with Crippen LogP contribution in [0.1, 0.15) is 50.3 Å². The molecule has 2 aromatic rings. The van der Waals surface area contributed by atoms with Gasteiger partial charge in [0.25, 0.3) is 0 Å². The monoisotopic (exact) mass is 321 g/mol. The van der Waals surface area contributed by atoms with E-state index in [1.54, 1.807) is 0 Å². The van der Waals surface area contributed by atoms with Crippen molar-refractivity contribution in [3.63, 3.8) is 0 Å². The van der Waals surface area contributed by atoms with Crippen molar-refractivity contribution < 1.29 is 0 Å². The predicted octanol–water partition coefficient (Wildman–Crippen LogP) is 6.68. The van der Waals surface area contributed by atoms with E-state index in [2.05, 4.69) is 50.4 Å². The lowest BCUT2D eigenvalue weighted by atomic mass is 9.99. The number of rotatable bonds is 5. The Bertz CT molecular complexity index is 608. The van der Waals surface area contributed by atoms with Gasteiger partial charge in [0.1, 0.15) is 0 Å². The molecule has 0 fully saturated rings. The molecule has 0 heterocycles. The number of benzene rings is 2. The minimum absolute atomic E-state index is 0.222. The van der Waals surface area contributed by atoms with Crippen molar-refractivity contribution in [1.82, 2.24) is 0 Å². The smallest absolute Gasteiger partial charge is 0.0595 e. The second kappa shape index (κ2) is 7.20. The second-order valence-electron chi connectivity index (χ2n) is 5.52. The summed E-state index contributed by atoms with van der Waals surface area (Å²) in [6.45, 7) is 6.58. The van der Waals surface area contributed by atoms with Crippen molar-refractivity contribution in [1.29, 1.82) is 0 Å². The molecule has 2 rings (SSSR count). The van der Waals surface area contributed by atoms with E-state index in [1.807, 2.05) is 18.2 Å². The van der Waals surface area contributed by atoms with Crippen LogP contribution in [0.4, 0.5) is 5.69 Å². The van der Waals surface area contributed by atoms with E-state index in [0.717, 1.165) is 12.0 Å². The molecule has 0 aliphatic heterocycles. The Labute approximate surface area is 137 Å². The zero-order chi connectivity index (χ0) is 15.4. The predicted molar refractivity (Wildman–Crippen MR) is 93.6 cm³/mol. The van der Waals surface area contributed by atoms with Crippen LogP contribution in [0.2, 0.25) is 10.0 Å². The molecule has 1 N–H and O–H groups in total. The van der Waals surface area contributed by atoms with E-state index in [9.17, 15) is 0 Å². The molecule has 0 bridgehead atoms. The number of hydrogen-bond donors (Lipinski definition) is 1. The fraction of sp³-hybridized carbons (Fsp3) is 0.333. The Morgan fingerprint density at radius 1 is 1.00 bits per heavy atom. The van der Waals surface area contributed by atoms with Crippen molar-refractivity contribution in [2.45, 2.75) is 39.2 Å². The highest BCUT2D eigenvalue weighted by molar-refractivity contribution is 6.42. The average Bonchev–Trinajstić information content (AvgIpc) is 2.48. The van der Waals surface area contributed by atoms with E-state index >= 15 is 0 Å². The Morgan fingerprint density at radius 2 is 1.71 bits per heavy atom. The summed E-state index contributed by atoms with van der Waals surface area (Å²) in [5.41, 5.74) is 3.67. The van der Waals surface area contributed by atoms with Gasteiger partial charge in [0.2, 0.25) is 0 Å². The van der Waals surface area contributed by atoms with Gasteiger partial charge in [-0.2, -0.15) is 0 Å². The van der Waals surface area contributed by atoms with Crippen molar-refractivity contribution in [2.75, 3.05) is 5.32 Å². The van der Waals surface area contributed by atoms with Crippen LogP contribution in [-0.4, -0.2) is 0 Å². The van der Waals surface area contributed by atoms with Gasteiger partial charge in [-0.05, 0) is 41.7 Å². The second-order valence-corrected chi connectivity index (χ2v) is 6.34. The maximum Gasteiger partial charge on any atom is 0.0595 e. The minimum atomic E-state index is 0.222. The molecular weight excluding hydrogens is 301 g/mol. The summed E-state index contributed by atoms with van der Waals surface area (Å²) in [4.78, 5) is 0. The van der Waals surface area contributed by atoms with Gasteiger partial charge >= 0.3 is 0 Å². The molecule has 1 atom stereocenters. The van der Waals surface area contributed by atoms with E-state index in [0.29, 0.717) is 16.0 Å². The molecule has 21 heavy (non-hydrogen) atoms. The van der Waals surface area contributed by atoms with Crippen LogP contribution in [0, 0.1) is 0 Å². The van der Waals surface area contributed by atoms with E-state index in [4.69, 9.17) is 23.2 Å². The van der Waals surface area contributed by atoms with E-state index in [-0.39, 0.29) is 6.04 Å². The van der Waals surface area contributed by atoms with Gasteiger partial charge in [-0.1, -0.05) is 68.2 Å². The van der Waals surface area contributed by atoms with Crippen LogP contribution in [0.15, 0.2) is 42.5 Å². The molecule has 0 aliphatic carbocycles. The van der Waals surface area contributed by atoms with E-state index < -0.39 is 0 Å². The number of halogens is 2. The summed E-state index contributed by atoms with van der Waals surface area (Å²) >= 11 is 12.1. The Hall–Kier alpha value is -1.18. The summed E-state index contributed by atoms with van der Waals surface area (Å²) in [7, 11) is 0. The number of hydrogen-bond acceptors (Lipinski definition) is 1. The number of anilines is 1. The summed E-state index contributed by atoms with van der Waals surface area (Å²) in [6.07, 6.45) is 0.977. The molecule has 1 unspecified atom stereocenters. The van der Waals surface area contributed by atoms with Crippen LogP contribution in [0.5, 0.6) is 0 Å². The zero-order valence-electron chi connectivity index (χ0n) is 12.7. The molecule has 0 amide bonds. The summed E-state index contributed by atoms with van der Waals surface area (Å²) < 4.78 is 0. The number of nitrogens with one attached hydrogen (secondary N) is 1. The summed E-state index contributed by atoms with van der Waals surface area (Å²) in [6, 6.07) is 14.5. The first-order valence-electron chi connectivity index (χ1n) is 7.33. The molecule has 1 nitrogen and oxygen atoms in total. The maximum absolute atomic E-state index is 6.14. The van der Waals surface area contributed by atoms with Gasteiger partial charge in [-0.3, -0.25) is 0 Å². The van der Waals surface area contributed by atoms with Crippen molar-refractivity contribution in [3.8, 4) is 0 Å². The highest BCUT2D eigenvalue weighted by Crippen LogP contribution is 2.31. The van der Waals surface area contributed by atoms with Gasteiger partial charge in [0.05, 0.1) is 16.1 Å². The maximum atomic E-state index is 6.14. The summed E-state index contributed by atoms with van der Waals surface area (Å²) in [5, 5.41) is 4.84. The number of para-hydroxylation sites is 1. The Kier molecular flexibility index (Phi) is 5.55. The molecule has 0 saturated carbocycles. The third-order valence-corrected chi connectivity index (χ3v) is 4.41. The third-order valence-electron chi connectivity index (χ3n) is 3.67. The molecular formula is C18H21Cl2N. The molecule has 0 aliphatic rings. The van der Waals surface area contributed by atoms with Crippen LogP contribution in [0.25, 0.3) is 0 Å². The minimum Gasteiger partial charge on any atom is -0.378 e. The van der Waals surface area contributed by atoms with Gasteiger partial charge in [0, 0.05) is 5.69 Å². The van der Waals surface area contributed by atoms with Crippen LogP contribution >= 0.6 is 23.2 Å². The first-order chi connectivity index (χ1) is 10.0. The molecule has 0 aromatic heterocycles. The third kappa shape index (κ3) is 3.93. The van der Waals surface area contributed by atoms with E-state index in [1.165, 1.54) is 11.3 Å². The molecule has 0 radical (unpaired) electrons. The fourth-order valence-electron chi connectivity index (χ4n) is 2.47. The lowest BCUT2D eigenvalue weighted by Gasteiger charge is -2.22. The molecule has 112 valence electrons. The van der Waals surface area contributed by atoms with Gasteiger partial charge in [0.15, 0.2) is 0 Å². The normalized spacial score (nSPS) is 12.5. The van der Waals surface area contributed by atoms with Gasteiger partial charge < -0.3 is 5.32 Å². The van der Waals surface area contributed by atoms with Gasteiger partial charge in [-0.15, -0.1) is 0 Å². The topological polar surface area (TPSA) is 12.0 Å². The van der Waals surface area contributed by atoms with Gasteiger partial charge in [-0.25, -0.2) is 0 Å². The zero-order valence-corrected chi connectivity index (χ0v) is 14.2. The first kappa shape index (κ1) is 16.2. The lowest BCUT2D eigenvalue weighted by Crippen LogP contribution is -2.11. The van der Waals surface area contributed by atoms with Crippen molar-refractivity contribution in [2.24, 2.45) is 0 Å². The molecule has 3 heteroatoms. The molecule has 2 aromatic carbocycles. The highest BCUT2D eigenvalue weighted by atomic mass is 35.5. The SMILES string of the molecule is CCC(Nc1ccccc1C(C)C)c1ccc(Cl)c(Cl)c1. The quantitative estimate of drug-likeness (QED) is 0.647. The summed E-state index contributed by atoms with van der Waals surface area (Å²) in [5.74, 6) is 0.486. The Balaban J connectivity index is 2.29. The Morgan fingerprint density at radius 3 is 2.33 bits per heavy atom. The highest BCUT2D eigenvalue weighted by Gasteiger charge is 2.13. The van der Waals surface area contributed by atoms with Crippen LogP contribution in [0.3, 0.4) is 0 Å². The van der Waals surface area contributed by atoms with Crippen LogP contribution < -0.4 is 5.32 Å². The largest absolute Gasteiger partial charge is 0.378 e. The average molecular weight is 322 g/mol. The van der Waals surface area contributed by atoms with Crippen LogP contribution in [-0.2, 0) is 0 Å². The first-order valence-corrected chi connectivity index (χ1v) is 8.09. The molecule has 0 spiro atoms. The fourth-order valence-corrected chi connectivity index (χ4v) is 2.78. The molecule has 0 saturated heterocycles. The lowest BCUT2D eigenvalue weighted by molar-refractivity contribution is 0.743. The van der Waals surface area contributed by atoms with Crippen molar-refractivity contribution >= 4 is 28.9 Å².